The Balaban J connectivity index is 1.76. The van der Waals surface area contributed by atoms with Gasteiger partial charge in [0, 0.05) is 44.8 Å². The van der Waals surface area contributed by atoms with Gasteiger partial charge in [-0.25, -0.2) is 13.1 Å². The molecule has 1 aliphatic heterocycles. The Morgan fingerprint density at radius 2 is 1.85 bits per heavy atom. The molecule has 27 heavy (non-hydrogen) atoms. The lowest BCUT2D eigenvalue weighted by molar-refractivity contribution is 0.198. The highest BCUT2D eigenvalue weighted by Crippen LogP contribution is 2.14. The molecule has 1 aliphatic rings. The molecule has 0 amide bonds. The number of nitrogens with one attached hydrogen (secondary N) is 3. The second-order valence-electron chi connectivity index (χ2n) is 7.86. The average Bonchev–Trinajstić information content (AvgIpc) is 2.59. The van der Waals surface area contributed by atoms with E-state index in [0.717, 1.165) is 32.5 Å². The van der Waals surface area contributed by atoms with Gasteiger partial charge < -0.3 is 10.6 Å². The van der Waals surface area contributed by atoms with Crippen LogP contribution in [0.5, 0.6) is 0 Å². The van der Waals surface area contributed by atoms with Crippen LogP contribution in [-0.2, 0) is 16.6 Å². The number of guanidine groups is 1. The first-order chi connectivity index (χ1) is 12.7. The third-order valence-corrected chi connectivity index (χ3v) is 5.48. The lowest BCUT2D eigenvalue weighted by Gasteiger charge is -2.33. The summed E-state index contributed by atoms with van der Waals surface area (Å²) < 4.78 is 25.5. The van der Waals surface area contributed by atoms with Gasteiger partial charge in [0.1, 0.15) is 0 Å². The minimum atomic E-state index is -3.25. The van der Waals surface area contributed by atoms with Crippen LogP contribution >= 0.6 is 0 Å². The molecule has 7 nitrogen and oxygen atoms in total. The van der Waals surface area contributed by atoms with Gasteiger partial charge in [0.05, 0.1) is 6.26 Å². The lowest BCUT2D eigenvalue weighted by Crippen LogP contribution is -2.55. The molecule has 0 unspecified atom stereocenters. The van der Waals surface area contributed by atoms with Crippen molar-refractivity contribution in [1.29, 1.82) is 0 Å². The van der Waals surface area contributed by atoms with Gasteiger partial charge in [-0.3, -0.25) is 9.89 Å². The third-order valence-electron chi connectivity index (χ3n) is 4.56. The Kier molecular flexibility index (Phi) is 7.64. The van der Waals surface area contributed by atoms with E-state index in [4.69, 9.17) is 0 Å². The molecular formula is C19H33N5O2S. The molecule has 0 aliphatic carbocycles. The molecule has 1 heterocycles. The van der Waals surface area contributed by atoms with E-state index in [2.05, 4.69) is 49.5 Å². The van der Waals surface area contributed by atoms with E-state index in [0.29, 0.717) is 18.5 Å². The van der Waals surface area contributed by atoms with Gasteiger partial charge in [0.15, 0.2) is 5.96 Å². The fourth-order valence-electron chi connectivity index (χ4n) is 3.31. The van der Waals surface area contributed by atoms with Crippen molar-refractivity contribution in [3.63, 3.8) is 0 Å². The Bertz CT molecular complexity index is 711. The predicted octanol–water partition coefficient (Wildman–Crippen LogP) is 1.14. The highest BCUT2D eigenvalue weighted by molar-refractivity contribution is 7.88. The molecule has 0 spiro atoms. The first kappa shape index (κ1) is 21.7. The lowest BCUT2D eigenvalue weighted by atomic mass is 10.0. The standard InChI is InChI=1S/C19H33N5O2S/c1-19(2,23-27(4,25)26)15-21-18(20-3)22-17-10-12-24(13-11-17)14-16-8-6-5-7-9-16/h5-9,17,23H,10-15H2,1-4H3,(H2,20,21,22). The molecule has 1 saturated heterocycles. The zero-order chi connectivity index (χ0) is 19.9. The van der Waals surface area contributed by atoms with Crippen molar-refractivity contribution in [3.05, 3.63) is 35.9 Å². The van der Waals surface area contributed by atoms with E-state index in [1.165, 1.54) is 11.8 Å². The molecule has 0 aromatic heterocycles. The van der Waals surface area contributed by atoms with E-state index >= 15 is 0 Å². The Hall–Kier alpha value is -1.64. The summed E-state index contributed by atoms with van der Waals surface area (Å²) in [5, 5.41) is 6.69. The van der Waals surface area contributed by atoms with E-state index in [-0.39, 0.29) is 0 Å². The topological polar surface area (TPSA) is 85.8 Å². The van der Waals surface area contributed by atoms with E-state index in [9.17, 15) is 8.42 Å². The summed E-state index contributed by atoms with van der Waals surface area (Å²) in [5.41, 5.74) is 0.756. The van der Waals surface area contributed by atoms with Crippen molar-refractivity contribution in [2.24, 2.45) is 4.99 Å². The van der Waals surface area contributed by atoms with Gasteiger partial charge in [-0.15, -0.1) is 0 Å². The minimum absolute atomic E-state index is 0.370. The van der Waals surface area contributed by atoms with Gasteiger partial charge >= 0.3 is 0 Å². The van der Waals surface area contributed by atoms with Gasteiger partial charge in [-0.05, 0) is 32.3 Å². The zero-order valence-corrected chi connectivity index (χ0v) is 17.6. The fourth-order valence-corrected chi connectivity index (χ4v) is 4.38. The van der Waals surface area contributed by atoms with Crippen LogP contribution in [0.2, 0.25) is 0 Å². The smallest absolute Gasteiger partial charge is 0.209 e. The average molecular weight is 396 g/mol. The van der Waals surface area contributed by atoms with Gasteiger partial charge in [0.2, 0.25) is 10.0 Å². The summed E-state index contributed by atoms with van der Waals surface area (Å²) in [4.78, 5) is 6.75. The molecule has 8 heteroatoms. The predicted molar refractivity (Wildman–Crippen MR) is 111 cm³/mol. The Morgan fingerprint density at radius 1 is 1.22 bits per heavy atom. The van der Waals surface area contributed by atoms with Crippen molar-refractivity contribution in [1.82, 2.24) is 20.3 Å². The Labute approximate surface area is 163 Å². The molecule has 3 N–H and O–H groups in total. The van der Waals surface area contributed by atoms with Gasteiger partial charge in [-0.2, -0.15) is 0 Å². The minimum Gasteiger partial charge on any atom is -0.355 e. The number of benzene rings is 1. The molecule has 0 saturated carbocycles. The van der Waals surface area contributed by atoms with Crippen LogP contribution in [0.3, 0.4) is 0 Å². The van der Waals surface area contributed by atoms with Crippen LogP contribution in [0, 0.1) is 0 Å². The first-order valence-corrected chi connectivity index (χ1v) is 11.3. The number of sulfonamides is 1. The largest absolute Gasteiger partial charge is 0.355 e. The summed E-state index contributed by atoms with van der Waals surface area (Å²) in [6, 6.07) is 10.9. The molecule has 1 aromatic carbocycles. The number of rotatable bonds is 7. The van der Waals surface area contributed by atoms with E-state index < -0.39 is 15.6 Å². The third kappa shape index (κ3) is 8.28. The summed E-state index contributed by atoms with van der Waals surface area (Å²) in [5.74, 6) is 0.708. The van der Waals surface area contributed by atoms with Gasteiger partial charge in [0.25, 0.3) is 0 Å². The van der Waals surface area contributed by atoms with Crippen molar-refractivity contribution in [3.8, 4) is 0 Å². The molecule has 1 aromatic rings. The van der Waals surface area contributed by atoms with Gasteiger partial charge in [-0.1, -0.05) is 30.3 Å². The maximum atomic E-state index is 11.5. The maximum Gasteiger partial charge on any atom is 0.209 e. The number of hydrogen-bond donors (Lipinski definition) is 3. The summed E-state index contributed by atoms with van der Waals surface area (Å²) in [6.07, 6.45) is 3.28. The normalized spacial score (nSPS) is 17.7. The maximum absolute atomic E-state index is 11.5. The second-order valence-corrected chi connectivity index (χ2v) is 9.61. The van der Waals surface area contributed by atoms with Crippen molar-refractivity contribution in [2.75, 3.05) is 32.9 Å². The quantitative estimate of drug-likeness (QED) is 0.476. The molecule has 0 bridgehead atoms. The summed E-state index contributed by atoms with van der Waals surface area (Å²) in [7, 11) is -1.52. The van der Waals surface area contributed by atoms with Crippen LogP contribution in [0.1, 0.15) is 32.3 Å². The number of likely N-dealkylation sites (tertiary alicyclic amines) is 1. The number of nitrogens with zero attached hydrogens (tertiary/aromatic N) is 2. The van der Waals surface area contributed by atoms with E-state index in [1.807, 2.05) is 19.9 Å². The number of piperidine rings is 1. The van der Waals surface area contributed by atoms with E-state index in [1.54, 1.807) is 7.05 Å². The van der Waals surface area contributed by atoms with Crippen LogP contribution < -0.4 is 15.4 Å². The molecular weight excluding hydrogens is 362 g/mol. The molecule has 152 valence electrons. The SMILES string of the molecule is CN=C(NCC(C)(C)NS(C)(=O)=O)NC1CCN(Cc2ccccc2)CC1. The molecule has 0 radical (unpaired) electrons. The van der Waals surface area contributed by atoms with Crippen LogP contribution in [0.25, 0.3) is 0 Å². The number of hydrogen-bond acceptors (Lipinski definition) is 4. The van der Waals surface area contributed by atoms with Crippen LogP contribution in [0.4, 0.5) is 0 Å². The molecule has 1 fully saturated rings. The summed E-state index contributed by atoms with van der Waals surface area (Å²) >= 11 is 0. The number of aliphatic imine (C=N–C) groups is 1. The van der Waals surface area contributed by atoms with Crippen LogP contribution in [0.15, 0.2) is 35.3 Å². The highest BCUT2D eigenvalue weighted by Gasteiger charge is 2.24. The van der Waals surface area contributed by atoms with Crippen molar-refractivity contribution in [2.45, 2.75) is 44.8 Å². The molecule has 2 rings (SSSR count). The van der Waals surface area contributed by atoms with Crippen molar-refractivity contribution >= 4 is 16.0 Å². The molecule has 0 atom stereocenters. The van der Waals surface area contributed by atoms with Crippen molar-refractivity contribution < 1.29 is 8.42 Å². The highest BCUT2D eigenvalue weighted by atomic mass is 32.2. The fraction of sp³-hybridized carbons (Fsp3) is 0.632. The van der Waals surface area contributed by atoms with Crippen LogP contribution in [-0.4, -0.2) is 63.8 Å². The summed E-state index contributed by atoms with van der Waals surface area (Å²) in [6.45, 7) is 7.22. The zero-order valence-electron chi connectivity index (χ0n) is 16.8. The first-order valence-electron chi connectivity index (χ1n) is 9.39. The monoisotopic (exact) mass is 395 g/mol. The Morgan fingerprint density at radius 3 is 2.41 bits per heavy atom. The second kappa shape index (κ2) is 9.52.